The summed E-state index contributed by atoms with van der Waals surface area (Å²) in [6.45, 7) is 7.25. The fourth-order valence-electron chi connectivity index (χ4n) is 5.32. The summed E-state index contributed by atoms with van der Waals surface area (Å²) in [5, 5.41) is 38.9. The van der Waals surface area contributed by atoms with E-state index in [1.165, 1.54) is 11.3 Å². The van der Waals surface area contributed by atoms with E-state index in [1.807, 2.05) is 19.9 Å². The summed E-state index contributed by atoms with van der Waals surface area (Å²) in [7, 11) is 0. The fourth-order valence-corrected chi connectivity index (χ4v) is 6.43. The van der Waals surface area contributed by atoms with Crippen molar-refractivity contribution in [1.82, 2.24) is 19.9 Å². The topological polar surface area (TPSA) is 136 Å². The average Bonchev–Trinajstić information content (AvgIpc) is 3.33. The highest BCUT2D eigenvalue weighted by Gasteiger charge is 2.48. The van der Waals surface area contributed by atoms with Crippen molar-refractivity contribution in [2.75, 3.05) is 17.2 Å². The summed E-state index contributed by atoms with van der Waals surface area (Å²) in [4.78, 5) is 18.3. The van der Waals surface area contributed by atoms with E-state index in [2.05, 4.69) is 25.6 Å². The lowest BCUT2D eigenvalue weighted by Crippen LogP contribution is -2.40. The van der Waals surface area contributed by atoms with Crippen molar-refractivity contribution in [2.24, 2.45) is 11.8 Å². The van der Waals surface area contributed by atoms with E-state index in [-0.39, 0.29) is 24.7 Å². The van der Waals surface area contributed by atoms with Crippen molar-refractivity contribution < 1.29 is 24.1 Å². The van der Waals surface area contributed by atoms with Gasteiger partial charge >= 0.3 is 0 Å². The molecule has 0 amide bonds. The Morgan fingerprint density at radius 2 is 1.84 bits per heavy atom. The third kappa shape index (κ3) is 5.12. The Balaban J connectivity index is 1.49. The van der Waals surface area contributed by atoms with E-state index in [0.29, 0.717) is 35.0 Å². The molecule has 37 heavy (non-hydrogen) atoms. The molecule has 0 spiro atoms. The van der Waals surface area contributed by atoms with Gasteiger partial charge in [-0.1, -0.05) is 0 Å². The van der Waals surface area contributed by atoms with Crippen molar-refractivity contribution in [1.29, 1.82) is 0 Å². The third-order valence-corrected chi connectivity index (χ3v) is 8.47. The molecule has 12 heteroatoms. The molecule has 1 unspecified atom stereocenters. The summed E-state index contributed by atoms with van der Waals surface area (Å²) in [5.74, 6) is -2.61. The first-order valence-electron chi connectivity index (χ1n) is 12.4. The molecule has 2 aliphatic carbocycles. The zero-order valence-electron chi connectivity index (χ0n) is 21.2. The van der Waals surface area contributed by atoms with E-state index in [1.54, 1.807) is 20.0 Å². The van der Waals surface area contributed by atoms with Crippen molar-refractivity contribution >= 4 is 33.3 Å². The number of aliphatic hydroxyl groups excluding tert-OH is 2. The van der Waals surface area contributed by atoms with E-state index >= 15 is 0 Å². The molecule has 0 bridgehead atoms. The molecule has 0 radical (unpaired) electrons. The molecule has 2 aliphatic rings. The Hall–Kier alpha value is -2.54. The molecule has 200 valence electrons. The van der Waals surface area contributed by atoms with Crippen molar-refractivity contribution in [2.45, 2.75) is 76.7 Å². The number of hydrogen-bond donors (Lipinski definition) is 5. The molecule has 0 saturated heterocycles. The summed E-state index contributed by atoms with van der Waals surface area (Å²) in [5.41, 5.74) is 1.66. The van der Waals surface area contributed by atoms with Crippen LogP contribution in [-0.4, -0.2) is 71.6 Å². The lowest BCUT2D eigenvalue weighted by molar-refractivity contribution is -0.106. The molecule has 3 heterocycles. The summed E-state index contributed by atoms with van der Waals surface area (Å²) < 4.78 is 27.5. The largest absolute Gasteiger partial charge is 0.390 e. The quantitative estimate of drug-likeness (QED) is 0.308. The number of aromatic nitrogens is 4. The Morgan fingerprint density at radius 3 is 2.46 bits per heavy atom. The molecule has 0 aliphatic heterocycles. The first-order valence-corrected chi connectivity index (χ1v) is 13.2. The van der Waals surface area contributed by atoms with E-state index in [0.717, 1.165) is 15.9 Å². The van der Waals surface area contributed by atoms with Gasteiger partial charge in [-0.25, -0.2) is 18.7 Å². The van der Waals surface area contributed by atoms with E-state index in [4.69, 9.17) is 4.98 Å². The van der Waals surface area contributed by atoms with E-state index < -0.39 is 35.7 Å². The second-order valence-electron chi connectivity index (χ2n) is 10.9. The summed E-state index contributed by atoms with van der Waals surface area (Å²) in [6, 6.07) is 1.30. The minimum absolute atomic E-state index is 0.158. The van der Waals surface area contributed by atoms with Gasteiger partial charge < -0.3 is 26.0 Å². The predicted octanol–water partition coefficient (Wildman–Crippen LogP) is 3.52. The fraction of sp³-hybridized carbons (Fsp3) is 0.600. The van der Waals surface area contributed by atoms with Gasteiger partial charge in [-0.15, -0.1) is 11.3 Å². The van der Waals surface area contributed by atoms with Gasteiger partial charge in [0.05, 0.1) is 39.4 Å². The van der Waals surface area contributed by atoms with Crippen LogP contribution >= 0.6 is 11.3 Å². The first kappa shape index (κ1) is 26.1. The van der Waals surface area contributed by atoms with Gasteiger partial charge in [0.15, 0.2) is 0 Å². The third-order valence-electron chi connectivity index (χ3n) is 7.43. The van der Waals surface area contributed by atoms with Crippen LogP contribution in [0.2, 0.25) is 0 Å². The normalized spacial score (nSPS) is 25.9. The minimum Gasteiger partial charge on any atom is -0.390 e. The number of rotatable bonds is 7. The number of halogens is 2. The molecule has 3 aromatic rings. The molecule has 2 saturated carbocycles. The lowest BCUT2D eigenvalue weighted by Gasteiger charge is -2.34. The molecular formula is C25H32F2N6O3S. The Labute approximate surface area is 217 Å². The molecular weight excluding hydrogens is 502 g/mol. The van der Waals surface area contributed by atoms with Crippen LogP contribution in [0.4, 0.5) is 20.5 Å². The number of alkyl halides is 2. The van der Waals surface area contributed by atoms with Crippen LogP contribution in [0.15, 0.2) is 12.3 Å². The maximum atomic E-state index is 13.3. The van der Waals surface area contributed by atoms with Crippen LogP contribution in [0.3, 0.4) is 0 Å². The molecule has 5 rings (SSSR count). The van der Waals surface area contributed by atoms with Gasteiger partial charge in [-0.05, 0) is 46.1 Å². The predicted molar refractivity (Wildman–Crippen MR) is 138 cm³/mol. The highest BCUT2D eigenvalue weighted by molar-refractivity contribution is 7.21. The number of fused-ring (bicyclic) bond motifs is 1. The molecule has 9 nitrogen and oxygen atoms in total. The number of nitrogens with zero attached hydrogens (tertiary/aromatic N) is 4. The maximum Gasteiger partial charge on any atom is 0.248 e. The zero-order valence-corrected chi connectivity index (χ0v) is 22.0. The van der Waals surface area contributed by atoms with Crippen LogP contribution in [0.1, 0.15) is 44.5 Å². The number of nitrogens with one attached hydrogen (secondary N) is 2. The van der Waals surface area contributed by atoms with Gasteiger partial charge in [-0.2, -0.15) is 4.98 Å². The zero-order chi connectivity index (χ0) is 26.7. The molecule has 2 fully saturated rings. The van der Waals surface area contributed by atoms with Gasteiger partial charge in [0.1, 0.15) is 22.4 Å². The van der Waals surface area contributed by atoms with Crippen molar-refractivity contribution in [3.63, 3.8) is 0 Å². The van der Waals surface area contributed by atoms with Crippen LogP contribution < -0.4 is 10.6 Å². The van der Waals surface area contributed by atoms with Gasteiger partial charge in [0.25, 0.3) is 0 Å². The van der Waals surface area contributed by atoms with Crippen molar-refractivity contribution in [3.05, 3.63) is 23.7 Å². The molecule has 0 aromatic carbocycles. The van der Waals surface area contributed by atoms with Crippen LogP contribution in [0.5, 0.6) is 0 Å². The Morgan fingerprint density at radius 1 is 1.11 bits per heavy atom. The SMILES string of the molecule is Cc1nc(NCC2CC(F)(F)C2)nc(NC2C[C@H](C(C)(C)O)[C@@H](O)[C@H]2O)c1-c1nc2c(C)nccc2s1. The number of aliphatic hydroxyl groups is 3. The van der Waals surface area contributed by atoms with E-state index in [9.17, 15) is 24.1 Å². The second kappa shape index (κ2) is 9.33. The molecule has 3 aromatic heterocycles. The van der Waals surface area contributed by atoms with Gasteiger partial charge in [0, 0.05) is 31.5 Å². The number of aryl methyl sites for hydroxylation is 2. The molecule has 4 atom stereocenters. The van der Waals surface area contributed by atoms with Crippen LogP contribution in [-0.2, 0) is 0 Å². The maximum absolute atomic E-state index is 13.3. The smallest absolute Gasteiger partial charge is 0.248 e. The number of anilines is 2. The number of thiazole rings is 1. The number of hydrogen-bond acceptors (Lipinski definition) is 10. The summed E-state index contributed by atoms with van der Waals surface area (Å²) >= 11 is 1.47. The Bertz CT molecular complexity index is 1310. The highest BCUT2D eigenvalue weighted by atomic mass is 32.1. The van der Waals surface area contributed by atoms with Crippen LogP contribution in [0, 0.1) is 25.7 Å². The second-order valence-corrected chi connectivity index (χ2v) is 11.9. The van der Waals surface area contributed by atoms with Gasteiger partial charge in [-0.3, -0.25) is 4.98 Å². The molecule has 5 N–H and O–H groups in total. The Kier molecular flexibility index (Phi) is 6.58. The highest BCUT2D eigenvalue weighted by Crippen LogP contribution is 2.43. The standard InChI is InChI=1S/C25H32F2N6O3S/c1-11-17(22-32-18-12(2)28-6-5-16(18)37-22)21(31-15-7-14(24(3,4)36)19(34)20(15)35)33-23(30-11)29-10-13-8-25(26,27)9-13/h5-6,13-15,19-20,34-36H,7-10H2,1-4H3,(H2,29,30,31,33)/t14-,15?,19+,20-/m0/s1. The first-order chi connectivity index (χ1) is 17.3. The van der Waals surface area contributed by atoms with Crippen LogP contribution in [0.25, 0.3) is 20.8 Å². The monoisotopic (exact) mass is 534 g/mol. The average molecular weight is 535 g/mol. The summed E-state index contributed by atoms with van der Waals surface area (Å²) in [6.07, 6.45) is -0.520. The number of pyridine rings is 1. The van der Waals surface area contributed by atoms with Crippen molar-refractivity contribution in [3.8, 4) is 10.6 Å². The lowest BCUT2D eigenvalue weighted by atomic mass is 9.81. The van der Waals surface area contributed by atoms with Gasteiger partial charge in [0.2, 0.25) is 11.9 Å². The minimum atomic E-state index is -2.60.